The number of aromatic amines is 1. The summed E-state index contributed by atoms with van der Waals surface area (Å²) in [5.74, 6) is 0.810. The third kappa shape index (κ3) is 4.77. The molecule has 3 heterocycles. The maximum atomic E-state index is 10.9. The maximum absolute atomic E-state index is 10.9. The standard InChI is InChI=1S/C23H31N5O/c1-17-15-18(2)26-23(25-17)27-12-5-3-4-9-22(29)28(14-13-27)16-19-7-6-8-21-20(19)10-11-24-21/h6-8,10-11,15,22,24,29H,3-5,9,12-14,16H2,1-2H3. The number of nitrogens with one attached hydrogen (secondary N) is 1. The summed E-state index contributed by atoms with van der Waals surface area (Å²) < 4.78 is 0. The monoisotopic (exact) mass is 393 g/mol. The molecule has 2 N–H and O–H groups in total. The summed E-state index contributed by atoms with van der Waals surface area (Å²) in [6.07, 6.45) is 5.62. The molecule has 0 radical (unpaired) electrons. The molecule has 0 amide bonds. The summed E-state index contributed by atoms with van der Waals surface area (Å²) in [7, 11) is 0. The molecule has 1 aromatic carbocycles. The predicted octanol–water partition coefficient (Wildman–Crippen LogP) is 3.78. The van der Waals surface area contributed by atoms with E-state index in [-0.39, 0.29) is 0 Å². The first-order valence-corrected chi connectivity index (χ1v) is 10.6. The van der Waals surface area contributed by atoms with Gasteiger partial charge in [0.05, 0.1) is 0 Å². The highest BCUT2D eigenvalue weighted by molar-refractivity contribution is 5.82. The van der Waals surface area contributed by atoms with Crippen LogP contribution in [-0.2, 0) is 6.54 Å². The Labute approximate surface area is 172 Å². The van der Waals surface area contributed by atoms with Crippen molar-refractivity contribution in [1.29, 1.82) is 0 Å². The minimum absolute atomic E-state index is 0.427. The largest absolute Gasteiger partial charge is 0.378 e. The quantitative estimate of drug-likeness (QED) is 0.709. The molecule has 3 aromatic rings. The molecule has 1 aliphatic heterocycles. The number of anilines is 1. The number of aryl methyl sites for hydroxylation is 2. The molecule has 6 heteroatoms. The molecule has 2 aromatic heterocycles. The fourth-order valence-electron chi connectivity index (χ4n) is 4.24. The van der Waals surface area contributed by atoms with Crippen LogP contribution >= 0.6 is 0 Å². The molecule has 4 rings (SSSR count). The lowest BCUT2D eigenvalue weighted by atomic mass is 10.1. The van der Waals surface area contributed by atoms with Crippen LogP contribution in [0.15, 0.2) is 36.5 Å². The Morgan fingerprint density at radius 3 is 2.69 bits per heavy atom. The van der Waals surface area contributed by atoms with E-state index in [2.05, 4.69) is 49.0 Å². The van der Waals surface area contributed by atoms with Crippen molar-refractivity contribution in [3.8, 4) is 0 Å². The summed E-state index contributed by atoms with van der Waals surface area (Å²) in [6.45, 7) is 7.32. The van der Waals surface area contributed by atoms with E-state index in [1.807, 2.05) is 26.1 Å². The Bertz CT molecular complexity index is 933. The van der Waals surface area contributed by atoms with Crippen LogP contribution < -0.4 is 4.90 Å². The van der Waals surface area contributed by atoms with Crippen molar-refractivity contribution in [3.63, 3.8) is 0 Å². The molecule has 1 unspecified atom stereocenters. The fourth-order valence-corrected chi connectivity index (χ4v) is 4.24. The van der Waals surface area contributed by atoms with E-state index >= 15 is 0 Å². The van der Waals surface area contributed by atoms with Crippen LogP contribution in [0.1, 0.15) is 42.6 Å². The molecule has 1 fully saturated rings. The third-order valence-corrected chi connectivity index (χ3v) is 5.78. The van der Waals surface area contributed by atoms with Crippen molar-refractivity contribution < 1.29 is 5.11 Å². The van der Waals surface area contributed by atoms with Gasteiger partial charge in [-0.1, -0.05) is 18.6 Å². The second-order valence-electron chi connectivity index (χ2n) is 8.09. The second-order valence-corrected chi connectivity index (χ2v) is 8.09. The van der Waals surface area contributed by atoms with Crippen molar-refractivity contribution in [2.75, 3.05) is 24.5 Å². The molecule has 6 nitrogen and oxygen atoms in total. The first-order valence-electron chi connectivity index (χ1n) is 10.6. The van der Waals surface area contributed by atoms with Crippen molar-refractivity contribution in [2.24, 2.45) is 0 Å². The SMILES string of the molecule is Cc1cc(C)nc(N2CCCCCC(O)N(Cc3cccc4[nH]ccc34)CC2)n1. The molecule has 1 atom stereocenters. The number of aliphatic hydroxyl groups is 1. The molecule has 0 saturated carbocycles. The number of hydrogen-bond acceptors (Lipinski definition) is 5. The lowest BCUT2D eigenvalue weighted by Gasteiger charge is -2.33. The van der Waals surface area contributed by atoms with Gasteiger partial charge in [0, 0.05) is 54.7 Å². The fraction of sp³-hybridized carbons (Fsp3) is 0.478. The van der Waals surface area contributed by atoms with Gasteiger partial charge in [-0.25, -0.2) is 9.97 Å². The summed E-state index contributed by atoms with van der Waals surface area (Å²) in [5, 5.41) is 12.1. The number of nitrogens with zero attached hydrogens (tertiary/aromatic N) is 4. The summed E-state index contributed by atoms with van der Waals surface area (Å²) in [4.78, 5) is 17.1. The van der Waals surface area contributed by atoms with Gasteiger partial charge in [0.15, 0.2) is 0 Å². The van der Waals surface area contributed by atoms with E-state index in [1.54, 1.807) is 0 Å². The lowest BCUT2D eigenvalue weighted by Crippen LogP contribution is -2.42. The van der Waals surface area contributed by atoms with Crippen LogP contribution in [0.3, 0.4) is 0 Å². The van der Waals surface area contributed by atoms with Crippen LogP contribution in [0, 0.1) is 13.8 Å². The topological polar surface area (TPSA) is 68.3 Å². The van der Waals surface area contributed by atoms with Gasteiger partial charge in [0.25, 0.3) is 0 Å². The van der Waals surface area contributed by atoms with Crippen LogP contribution in [-0.4, -0.2) is 50.8 Å². The first kappa shape index (κ1) is 19.9. The summed E-state index contributed by atoms with van der Waals surface area (Å²) in [6, 6.07) is 10.5. The Morgan fingerprint density at radius 1 is 1.03 bits per heavy atom. The number of H-pyrrole nitrogens is 1. The second kappa shape index (κ2) is 8.93. The van der Waals surface area contributed by atoms with Gasteiger partial charge in [-0.2, -0.15) is 0 Å². The van der Waals surface area contributed by atoms with Crippen LogP contribution in [0.4, 0.5) is 5.95 Å². The number of rotatable bonds is 3. The van der Waals surface area contributed by atoms with E-state index in [4.69, 9.17) is 0 Å². The smallest absolute Gasteiger partial charge is 0.225 e. The van der Waals surface area contributed by atoms with Gasteiger partial charge in [-0.05, 0) is 56.9 Å². The Morgan fingerprint density at radius 2 is 1.86 bits per heavy atom. The van der Waals surface area contributed by atoms with Crippen LogP contribution in [0.2, 0.25) is 0 Å². The molecular weight excluding hydrogens is 362 g/mol. The van der Waals surface area contributed by atoms with Crippen molar-refractivity contribution in [2.45, 2.75) is 52.3 Å². The Hall–Kier alpha value is -2.44. The minimum atomic E-state index is -0.427. The highest BCUT2D eigenvalue weighted by atomic mass is 16.3. The van der Waals surface area contributed by atoms with Gasteiger partial charge in [0.1, 0.15) is 6.23 Å². The highest BCUT2D eigenvalue weighted by Crippen LogP contribution is 2.22. The van der Waals surface area contributed by atoms with Gasteiger partial charge in [-0.3, -0.25) is 4.90 Å². The van der Waals surface area contributed by atoms with E-state index in [0.29, 0.717) is 0 Å². The average molecular weight is 394 g/mol. The van der Waals surface area contributed by atoms with Crippen molar-refractivity contribution in [1.82, 2.24) is 19.9 Å². The number of hydrogen-bond donors (Lipinski definition) is 2. The van der Waals surface area contributed by atoms with E-state index in [0.717, 1.165) is 74.7 Å². The normalized spacial score (nSPS) is 19.6. The number of benzene rings is 1. The molecule has 0 bridgehead atoms. The maximum Gasteiger partial charge on any atom is 0.225 e. The van der Waals surface area contributed by atoms with E-state index in [1.165, 1.54) is 10.9 Å². The third-order valence-electron chi connectivity index (χ3n) is 5.78. The van der Waals surface area contributed by atoms with Crippen LogP contribution in [0.25, 0.3) is 10.9 Å². The zero-order chi connectivity index (χ0) is 20.2. The van der Waals surface area contributed by atoms with Gasteiger partial charge in [0.2, 0.25) is 5.95 Å². The highest BCUT2D eigenvalue weighted by Gasteiger charge is 2.21. The average Bonchev–Trinajstić information content (AvgIpc) is 3.17. The number of aromatic nitrogens is 3. The van der Waals surface area contributed by atoms with Gasteiger partial charge < -0.3 is 15.0 Å². The first-order chi connectivity index (χ1) is 14.1. The zero-order valence-corrected chi connectivity index (χ0v) is 17.4. The van der Waals surface area contributed by atoms with Crippen LogP contribution in [0.5, 0.6) is 0 Å². The van der Waals surface area contributed by atoms with Crippen molar-refractivity contribution in [3.05, 3.63) is 53.5 Å². The zero-order valence-electron chi connectivity index (χ0n) is 17.4. The molecule has 29 heavy (non-hydrogen) atoms. The predicted molar refractivity (Wildman–Crippen MR) is 117 cm³/mol. The van der Waals surface area contributed by atoms with Gasteiger partial charge >= 0.3 is 0 Å². The summed E-state index contributed by atoms with van der Waals surface area (Å²) in [5.41, 5.74) is 4.39. The van der Waals surface area contributed by atoms with Crippen molar-refractivity contribution >= 4 is 16.9 Å². The summed E-state index contributed by atoms with van der Waals surface area (Å²) >= 11 is 0. The molecule has 1 saturated heterocycles. The molecule has 0 aliphatic carbocycles. The van der Waals surface area contributed by atoms with Gasteiger partial charge in [-0.15, -0.1) is 0 Å². The Kier molecular flexibility index (Phi) is 6.11. The van der Waals surface area contributed by atoms with E-state index in [9.17, 15) is 5.11 Å². The number of aliphatic hydroxyl groups excluding tert-OH is 1. The number of fused-ring (bicyclic) bond motifs is 1. The molecule has 154 valence electrons. The minimum Gasteiger partial charge on any atom is -0.378 e. The lowest BCUT2D eigenvalue weighted by molar-refractivity contribution is -0.00875. The van der Waals surface area contributed by atoms with E-state index < -0.39 is 6.23 Å². The molecule has 0 spiro atoms. The Balaban J connectivity index is 1.55. The molecular formula is C23H31N5O. The molecule has 1 aliphatic rings.